The first-order valence-corrected chi connectivity index (χ1v) is 7.76. The van der Waals surface area contributed by atoms with Crippen LogP contribution in [-0.2, 0) is 0 Å². The maximum absolute atomic E-state index is 6.21. The van der Waals surface area contributed by atoms with Gasteiger partial charge in [-0.1, -0.05) is 32.6 Å². The van der Waals surface area contributed by atoms with E-state index in [1.54, 1.807) is 0 Å². The Morgan fingerprint density at radius 1 is 1.06 bits per heavy atom. The molecule has 17 heavy (non-hydrogen) atoms. The molecule has 2 unspecified atom stereocenters. The predicted molar refractivity (Wildman–Crippen MR) is 74.0 cm³/mol. The number of nitrogens with zero attached hydrogens (tertiary/aromatic N) is 1. The van der Waals surface area contributed by atoms with Crippen LogP contribution in [0.3, 0.4) is 0 Å². The Kier molecular flexibility index (Phi) is 5.30. The molecule has 2 aliphatic rings. The molecule has 1 aliphatic carbocycles. The molecule has 2 fully saturated rings. The van der Waals surface area contributed by atoms with Crippen molar-refractivity contribution in [2.45, 2.75) is 64.3 Å². The summed E-state index contributed by atoms with van der Waals surface area (Å²) in [5.41, 5.74) is 6.21. The van der Waals surface area contributed by atoms with E-state index in [0.29, 0.717) is 6.04 Å². The van der Waals surface area contributed by atoms with Crippen molar-refractivity contribution < 1.29 is 0 Å². The van der Waals surface area contributed by atoms with Crippen molar-refractivity contribution in [1.29, 1.82) is 0 Å². The molecule has 1 saturated heterocycles. The van der Waals surface area contributed by atoms with E-state index in [2.05, 4.69) is 11.8 Å². The van der Waals surface area contributed by atoms with E-state index in [4.69, 9.17) is 5.73 Å². The normalized spacial score (nSPS) is 32.8. The molecule has 2 atom stereocenters. The van der Waals surface area contributed by atoms with Crippen LogP contribution in [0.25, 0.3) is 0 Å². The van der Waals surface area contributed by atoms with Crippen molar-refractivity contribution in [3.05, 3.63) is 0 Å². The first-order chi connectivity index (χ1) is 8.28. The summed E-state index contributed by atoms with van der Waals surface area (Å²) in [7, 11) is 0. The van der Waals surface area contributed by atoms with Crippen molar-refractivity contribution in [3.8, 4) is 0 Å². The Labute approximate surface area is 107 Å². The van der Waals surface area contributed by atoms with E-state index < -0.39 is 0 Å². The van der Waals surface area contributed by atoms with Gasteiger partial charge in [0.05, 0.1) is 0 Å². The SMILES string of the molecule is CCCC1CC(N)CN(CC2CCCCC2)C1. The zero-order chi connectivity index (χ0) is 12.1. The molecule has 0 bridgehead atoms. The minimum absolute atomic E-state index is 0.434. The molecule has 0 aromatic carbocycles. The largest absolute Gasteiger partial charge is 0.327 e. The van der Waals surface area contributed by atoms with Crippen LogP contribution in [0.5, 0.6) is 0 Å². The van der Waals surface area contributed by atoms with Gasteiger partial charge in [0.25, 0.3) is 0 Å². The fourth-order valence-electron chi connectivity index (χ4n) is 3.85. The van der Waals surface area contributed by atoms with Gasteiger partial charge in [-0.25, -0.2) is 0 Å². The van der Waals surface area contributed by atoms with Crippen molar-refractivity contribution in [3.63, 3.8) is 0 Å². The third kappa shape index (κ3) is 4.26. The van der Waals surface area contributed by atoms with Crippen LogP contribution in [0, 0.1) is 11.8 Å². The van der Waals surface area contributed by atoms with Crippen LogP contribution < -0.4 is 5.73 Å². The third-order valence-electron chi connectivity index (χ3n) is 4.58. The number of rotatable bonds is 4. The first kappa shape index (κ1) is 13.4. The van der Waals surface area contributed by atoms with Gasteiger partial charge in [0.1, 0.15) is 0 Å². The van der Waals surface area contributed by atoms with E-state index in [1.165, 1.54) is 64.5 Å². The average Bonchev–Trinajstić information content (AvgIpc) is 2.30. The van der Waals surface area contributed by atoms with E-state index in [-0.39, 0.29) is 0 Å². The fraction of sp³-hybridized carbons (Fsp3) is 1.00. The molecule has 1 saturated carbocycles. The lowest BCUT2D eigenvalue weighted by molar-refractivity contribution is 0.120. The monoisotopic (exact) mass is 238 g/mol. The molecular formula is C15H30N2. The van der Waals surface area contributed by atoms with E-state index >= 15 is 0 Å². The summed E-state index contributed by atoms with van der Waals surface area (Å²) in [4.78, 5) is 2.67. The second kappa shape index (κ2) is 6.75. The minimum atomic E-state index is 0.434. The lowest BCUT2D eigenvalue weighted by Gasteiger charge is -2.38. The van der Waals surface area contributed by atoms with Crippen molar-refractivity contribution in [2.75, 3.05) is 19.6 Å². The van der Waals surface area contributed by atoms with Crippen molar-refractivity contribution in [2.24, 2.45) is 17.6 Å². The summed E-state index contributed by atoms with van der Waals surface area (Å²) >= 11 is 0. The summed E-state index contributed by atoms with van der Waals surface area (Å²) < 4.78 is 0. The standard InChI is InChI=1S/C15H30N2/c1-2-6-14-9-15(16)12-17(11-14)10-13-7-4-3-5-8-13/h13-15H,2-12,16H2,1H3. The van der Waals surface area contributed by atoms with E-state index in [0.717, 1.165) is 18.4 Å². The molecule has 1 heterocycles. The van der Waals surface area contributed by atoms with Gasteiger partial charge in [-0.2, -0.15) is 0 Å². The molecule has 2 heteroatoms. The Morgan fingerprint density at radius 3 is 2.53 bits per heavy atom. The molecule has 0 aromatic rings. The molecule has 2 N–H and O–H groups in total. The van der Waals surface area contributed by atoms with E-state index in [1.807, 2.05) is 0 Å². The lowest BCUT2D eigenvalue weighted by Crippen LogP contribution is -2.48. The van der Waals surface area contributed by atoms with Gasteiger partial charge in [-0.3, -0.25) is 0 Å². The zero-order valence-corrected chi connectivity index (χ0v) is 11.5. The average molecular weight is 238 g/mol. The summed E-state index contributed by atoms with van der Waals surface area (Å²) in [5, 5.41) is 0. The highest BCUT2D eigenvalue weighted by atomic mass is 15.1. The van der Waals surface area contributed by atoms with Gasteiger partial charge in [-0.05, 0) is 37.5 Å². The minimum Gasteiger partial charge on any atom is -0.327 e. The van der Waals surface area contributed by atoms with Crippen LogP contribution in [0.2, 0.25) is 0 Å². The second-order valence-electron chi connectivity index (χ2n) is 6.37. The number of hydrogen-bond acceptors (Lipinski definition) is 2. The molecule has 1 aliphatic heterocycles. The maximum Gasteiger partial charge on any atom is 0.0170 e. The molecule has 0 spiro atoms. The quantitative estimate of drug-likeness (QED) is 0.816. The molecule has 0 aromatic heterocycles. The van der Waals surface area contributed by atoms with Crippen LogP contribution in [0.15, 0.2) is 0 Å². The Bertz CT molecular complexity index is 211. The Hall–Kier alpha value is -0.0800. The second-order valence-corrected chi connectivity index (χ2v) is 6.37. The highest BCUT2D eigenvalue weighted by molar-refractivity contribution is 4.83. The van der Waals surface area contributed by atoms with Crippen molar-refractivity contribution >= 4 is 0 Å². The summed E-state index contributed by atoms with van der Waals surface area (Å²) in [6, 6.07) is 0.434. The molecule has 100 valence electrons. The van der Waals surface area contributed by atoms with Crippen LogP contribution >= 0.6 is 0 Å². The smallest absolute Gasteiger partial charge is 0.0170 e. The van der Waals surface area contributed by atoms with E-state index in [9.17, 15) is 0 Å². The topological polar surface area (TPSA) is 29.3 Å². The van der Waals surface area contributed by atoms with Crippen LogP contribution in [0.1, 0.15) is 58.3 Å². The van der Waals surface area contributed by atoms with Crippen molar-refractivity contribution in [1.82, 2.24) is 4.90 Å². The molecule has 2 nitrogen and oxygen atoms in total. The number of piperidine rings is 1. The summed E-state index contributed by atoms with van der Waals surface area (Å²) in [6.45, 7) is 6.09. The first-order valence-electron chi connectivity index (χ1n) is 7.76. The highest BCUT2D eigenvalue weighted by Gasteiger charge is 2.26. The highest BCUT2D eigenvalue weighted by Crippen LogP contribution is 2.27. The van der Waals surface area contributed by atoms with Gasteiger partial charge in [0.2, 0.25) is 0 Å². The van der Waals surface area contributed by atoms with Crippen LogP contribution in [-0.4, -0.2) is 30.6 Å². The number of hydrogen-bond donors (Lipinski definition) is 1. The third-order valence-corrected chi connectivity index (χ3v) is 4.58. The van der Waals surface area contributed by atoms with Gasteiger partial charge in [0.15, 0.2) is 0 Å². The molecular weight excluding hydrogens is 208 g/mol. The molecule has 0 radical (unpaired) electrons. The van der Waals surface area contributed by atoms with Gasteiger partial charge < -0.3 is 10.6 Å². The lowest BCUT2D eigenvalue weighted by atomic mass is 9.86. The zero-order valence-electron chi connectivity index (χ0n) is 11.5. The van der Waals surface area contributed by atoms with Gasteiger partial charge >= 0.3 is 0 Å². The fourth-order valence-corrected chi connectivity index (χ4v) is 3.85. The summed E-state index contributed by atoms with van der Waals surface area (Å²) in [6.07, 6.45) is 11.3. The van der Waals surface area contributed by atoms with Gasteiger partial charge in [0, 0.05) is 25.7 Å². The Morgan fingerprint density at radius 2 is 1.82 bits per heavy atom. The predicted octanol–water partition coefficient (Wildman–Crippen LogP) is 3.02. The Balaban J connectivity index is 1.78. The van der Waals surface area contributed by atoms with Gasteiger partial charge in [-0.15, -0.1) is 0 Å². The molecule has 2 rings (SSSR count). The molecule has 0 amide bonds. The summed E-state index contributed by atoms with van der Waals surface area (Å²) in [5.74, 6) is 1.84. The maximum atomic E-state index is 6.21. The van der Waals surface area contributed by atoms with Crippen LogP contribution in [0.4, 0.5) is 0 Å². The number of likely N-dealkylation sites (tertiary alicyclic amines) is 1. The number of nitrogens with two attached hydrogens (primary N) is 1.